The highest BCUT2D eigenvalue weighted by atomic mass is 32.1. The SMILES string of the molecule is Cc1sc(-c2ccco2)nc1C(=O)Nc1nc(-c2ccc(F)cc2)c(C)s1. The minimum Gasteiger partial charge on any atom is -0.462 e. The fraction of sp³-hybridized carbons (Fsp3) is 0.105. The molecule has 0 saturated heterocycles. The molecule has 0 spiro atoms. The molecule has 136 valence electrons. The number of hydrogen-bond acceptors (Lipinski definition) is 6. The number of aryl methyl sites for hydroxylation is 2. The predicted molar refractivity (Wildman–Crippen MR) is 105 cm³/mol. The zero-order chi connectivity index (χ0) is 19.0. The van der Waals surface area contributed by atoms with Gasteiger partial charge in [0.25, 0.3) is 5.91 Å². The summed E-state index contributed by atoms with van der Waals surface area (Å²) in [7, 11) is 0. The van der Waals surface area contributed by atoms with E-state index in [0.29, 0.717) is 21.6 Å². The van der Waals surface area contributed by atoms with Gasteiger partial charge in [0.2, 0.25) is 0 Å². The van der Waals surface area contributed by atoms with E-state index < -0.39 is 0 Å². The number of nitrogens with zero attached hydrogens (tertiary/aromatic N) is 2. The van der Waals surface area contributed by atoms with E-state index in [4.69, 9.17) is 4.42 Å². The van der Waals surface area contributed by atoms with Gasteiger partial charge in [-0.3, -0.25) is 10.1 Å². The highest BCUT2D eigenvalue weighted by Crippen LogP contribution is 2.32. The molecule has 5 nitrogen and oxygen atoms in total. The van der Waals surface area contributed by atoms with Crippen molar-refractivity contribution in [2.24, 2.45) is 0 Å². The molecule has 1 N–H and O–H groups in total. The first-order valence-corrected chi connectivity index (χ1v) is 9.70. The quantitative estimate of drug-likeness (QED) is 0.490. The zero-order valence-corrected chi connectivity index (χ0v) is 16.1. The van der Waals surface area contributed by atoms with E-state index in [2.05, 4.69) is 15.3 Å². The summed E-state index contributed by atoms with van der Waals surface area (Å²) in [4.78, 5) is 23.2. The van der Waals surface area contributed by atoms with Crippen LogP contribution >= 0.6 is 22.7 Å². The van der Waals surface area contributed by atoms with Gasteiger partial charge in [0, 0.05) is 15.3 Å². The van der Waals surface area contributed by atoms with Gasteiger partial charge in [-0.25, -0.2) is 14.4 Å². The van der Waals surface area contributed by atoms with Gasteiger partial charge in [0.1, 0.15) is 11.5 Å². The van der Waals surface area contributed by atoms with Gasteiger partial charge in [-0.2, -0.15) is 0 Å². The molecule has 1 amide bonds. The van der Waals surface area contributed by atoms with E-state index in [1.54, 1.807) is 30.5 Å². The third kappa shape index (κ3) is 3.54. The van der Waals surface area contributed by atoms with Crippen molar-refractivity contribution in [1.29, 1.82) is 0 Å². The lowest BCUT2D eigenvalue weighted by atomic mass is 10.1. The van der Waals surface area contributed by atoms with Gasteiger partial charge in [0.05, 0.1) is 12.0 Å². The van der Waals surface area contributed by atoms with Crippen molar-refractivity contribution in [2.45, 2.75) is 13.8 Å². The average Bonchev–Trinajstić information content (AvgIpc) is 3.36. The first-order valence-electron chi connectivity index (χ1n) is 8.07. The topological polar surface area (TPSA) is 68.0 Å². The molecule has 0 aliphatic carbocycles. The molecule has 3 aromatic heterocycles. The van der Waals surface area contributed by atoms with Gasteiger partial charge in [-0.15, -0.1) is 22.7 Å². The summed E-state index contributed by atoms with van der Waals surface area (Å²) >= 11 is 2.77. The number of carbonyl (C=O) groups is 1. The van der Waals surface area contributed by atoms with Crippen LogP contribution in [0.25, 0.3) is 22.0 Å². The Hall–Kier alpha value is -2.84. The summed E-state index contributed by atoms with van der Waals surface area (Å²) in [5, 5.41) is 3.94. The van der Waals surface area contributed by atoms with Crippen molar-refractivity contribution < 1.29 is 13.6 Å². The van der Waals surface area contributed by atoms with E-state index in [9.17, 15) is 9.18 Å². The Balaban J connectivity index is 1.57. The summed E-state index contributed by atoms with van der Waals surface area (Å²) in [5.41, 5.74) is 1.87. The molecule has 0 aliphatic rings. The second-order valence-electron chi connectivity index (χ2n) is 5.79. The molecular formula is C19H14FN3O2S2. The number of rotatable bonds is 4. The van der Waals surface area contributed by atoms with Gasteiger partial charge in [-0.1, -0.05) is 0 Å². The Morgan fingerprint density at radius 1 is 1.07 bits per heavy atom. The Morgan fingerprint density at radius 3 is 2.56 bits per heavy atom. The molecule has 3 heterocycles. The van der Waals surface area contributed by atoms with Gasteiger partial charge in [-0.05, 0) is 50.2 Å². The molecule has 0 radical (unpaired) electrons. The highest BCUT2D eigenvalue weighted by Gasteiger charge is 2.19. The third-order valence-corrected chi connectivity index (χ3v) is 5.75. The van der Waals surface area contributed by atoms with Crippen molar-refractivity contribution in [3.05, 3.63) is 63.9 Å². The molecule has 8 heteroatoms. The van der Waals surface area contributed by atoms with Crippen LogP contribution in [0.3, 0.4) is 0 Å². The molecule has 0 bridgehead atoms. The van der Waals surface area contributed by atoms with E-state index in [1.807, 2.05) is 13.8 Å². The molecule has 27 heavy (non-hydrogen) atoms. The van der Waals surface area contributed by atoms with Crippen LogP contribution in [0.15, 0.2) is 47.1 Å². The van der Waals surface area contributed by atoms with Crippen molar-refractivity contribution in [2.75, 3.05) is 5.32 Å². The maximum absolute atomic E-state index is 13.1. The van der Waals surface area contributed by atoms with E-state index >= 15 is 0 Å². The standard InChI is InChI=1S/C19H14FN3O2S2/c1-10-15(12-5-7-13(20)8-6-12)22-19(27-10)23-17(24)16-11(2)26-18(21-16)14-4-3-9-25-14/h3-9H,1-2H3,(H,22,23,24). The first kappa shape index (κ1) is 17.6. The summed E-state index contributed by atoms with van der Waals surface area (Å²) in [6.07, 6.45) is 1.57. The molecular weight excluding hydrogens is 385 g/mol. The Bertz CT molecular complexity index is 1100. The minimum absolute atomic E-state index is 0.300. The van der Waals surface area contributed by atoms with Gasteiger partial charge in [0.15, 0.2) is 15.9 Å². The Morgan fingerprint density at radius 2 is 1.85 bits per heavy atom. The zero-order valence-electron chi connectivity index (χ0n) is 14.4. The van der Waals surface area contributed by atoms with Crippen LogP contribution in [0.2, 0.25) is 0 Å². The highest BCUT2D eigenvalue weighted by molar-refractivity contribution is 7.16. The number of halogens is 1. The fourth-order valence-corrected chi connectivity index (χ4v) is 4.30. The first-order chi connectivity index (χ1) is 13.0. The third-order valence-electron chi connectivity index (χ3n) is 3.88. The number of furan rings is 1. The van der Waals surface area contributed by atoms with Crippen molar-refractivity contribution in [3.63, 3.8) is 0 Å². The number of hydrogen-bond donors (Lipinski definition) is 1. The summed E-state index contributed by atoms with van der Waals surface area (Å²) < 4.78 is 18.5. The second kappa shape index (κ2) is 7.05. The van der Waals surface area contributed by atoms with Crippen molar-refractivity contribution >= 4 is 33.7 Å². The molecule has 0 saturated carbocycles. The number of anilines is 1. The van der Waals surface area contributed by atoms with Gasteiger partial charge < -0.3 is 4.42 Å². The molecule has 0 unspecified atom stereocenters. The number of benzene rings is 1. The molecule has 0 fully saturated rings. The second-order valence-corrected chi connectivity index (χ2v) is 8.19. The average molecular weight is 399 g/mol. The van der Waals surface area contributed by atoms with Crippen LogP contribution in [0.1, 0.15) is 20.2 Å². The van der Waals surface area contributed by atoms with Gasteiger partial charge >= 0.3 is 0 Å². The fourth-order valence-electron chi connectivity index (χ4n) is 2.59. The van der Waals surface area contributed by atoms with E-state index in [-0.39, 0.29) is 11.7 Å². The normalized spacial score (nSPS) is 10.9. The number of thiazole rings is 2. The minimum atomic E-state index is -0.319. The van der Waals surface area contributed by atoms with Crippen LogP contribution in [-0.4, -0.2) is 15.9 Å². The van der Waals surface area contributed by atoms with E-state index in [1.165, 1.54) is 34.8 Å². The number of amides is 1. The Kier molecular flexibility index (Phi) is 4.59. The lowest BCUT2D eigenvalue weighted by Gasteiger charge is -1.99. The van der Waals surface area contributed by atoms with Crippen molar-refractivity contribution in [1.82, 2.24) is 9.97 Å². The maximum Gasteiger partial charge on any atom is 0.277 e. The summed E-state index contributed by atoms with van der Waals surface area (Å²) in [6, 6.07) is 9.70. The molecule has 0 aliphatic heterocycles. The molecule has 1 aromatic carbocycles. The lowest BCUT2D eigenvalue weighted by Crippen LogP contribution is -2.13. The van der Waals surface area contributed by atoms with Crippen LogP contribution in [-0.2, 0) is 0 Å². The maximum atomic E-state index is 13.1. The Labute approximate surface area is 162 Å². The predicted octanol–water partition coefficient (Wildman–Crippen LogP) is 5.53. The van der Waals surface area contributed by atoms with Crippen LogP contribution < -0.4 is 5.32 Å². The van der Waals surface area contributed by atoms with Crippen LogP contribution in [0, 0.1) is 19.7 Å². The smallest absolute Gasteiger partial charge is 0.277 e. The number of nitrogens with one attached hydrogen (secondary N) is 1. The lowest BCUT2D eigenvalue weighted by molar-refractivity contribution is 0.102. The molecule has 4 aromatic rings. The monoisotopic (exact) mass is 399 g/mol. The van der Waals surface area contributed by atoms with Crippen LogP contribution in [0.4, 0.5) is 9.52 Å². The largest absolute Gasteiger partial charge is 0.462 e. The summed E-state index contributed by atoms with van der Waals surface area (Å²) in [6.45, 7) is 3.76. The molecule has 0 atom stereocenters. The number of carbonyl (C=O) groups excluding carboxylic acids is 1. The molecule has 4 rings (SSSR count). The number of aromatic nitrogens is 2. The van der Waals surface area contributed by atoms with E-state index in [0.717, 1.165) is 21.0 Å². The van der Waals surface area contributed by atoms with Crippen LogP contribution in [0.5, 0.6) is 0 Å². The van der Waals surface area contributed by atoms with Crippen molar-refractivity contribution in [3.8, 4) is 22.0 Å². The summed E-state index contributed by atoms with van der Waals surface area (Å²) in [5.74, 6) is 0.0123.